The first-order valence-electron chi connectivity index (χ1n) is 10.2. The fourth-order valence-electron chi connectivity index (χ4n) is 3.53. The van der Waals surface area contributed by atoms with Crippen LogP contribution in [0.2, 0.25) is 0 Å². The Morgan fingerprint density at radius 1 is 0.781 bits per heavy atom. The minimum absolute atomic E-state index is 0.00498. The van der Waals surface area contributed by atoms with Crippen molar-refractivity contribution in [2.75, 3.05) is 18.5 Å². The van der Waals surface area contributed by atoms with Gasteiger partial charge in [-0.3, -0.25) is 4.79 Å². The van der Waals surface area contributed by atoms with Crippen LogP contribution in [0.4, 0.5) is 10.1 Å². The summed E-state index contributed by atoms with van der Waals surface area (Å²) in [6.07, 6.45) is 0. The first-order chi connectivity index (χ1) is 15.7. The lowest BCUT2D eigenvalue weighted by molar-refractivity contribution is 0.102. The second-order valence-electron chi connectivity index (χ2n) is 7.28. The van der Waals surface area contributed by atoms with E-state index in [1.165, 1.54) is 12.1 Å². The predicted molar refractivity (Wildman–Crippen MR) is 120 cm³/mol. The van der Waals surface area contributed by atoms with Gasteiger partial charge in [-0.15, -0.1) is 0 Å². The Kier molecular flexibility index (Phi) is 5.25. The molecule has 0 aliphatic carbocycles. The molecule has 1 aliphatic rings. The zero-order chi connectivity index (χ0) is 21.9. The quantitative estimate of drug-likeness (QED) is 0.463. The van der Waals surface area contributed by atoms with Crippen molar-refractivity contribution in [2.45, 2.75) is 0 Å². The number of nitrogens with one attached hydrogen (secondary N) is 1. The third kappa shape index (κ3) is 4.03. The van der Waals surface area contributed by atoms with Crippen LogP contribution in [0.5, 0.6) is 11.5 Å². The van der Waals surface area contributed by atoms with E-state index in [0.717, 1.165) is 34.0 Å². The molecule has 0 spiro atoms. The number of benzene rings is 3. The summed E-state index contributed by atoms with van der Waals surface area (Å²) in [5.41, 5.74) is 4.02. The molecule has 6 heteroatoms. The number of hydrogen-bond donors (Lipinski definition) is 1. The van der Waals surface area contributed by atoms with Gasteiger partial charge in [0, 0.05) is 16.8 Å². The van der Waals surface area contributed by atoms with Crippen molar-refractivity contribution in [3.8, 4) is 34.0 Å². The van der Waals surface area contributed by atoms with E-state index >= 15 is 0 Å². The minimum atomic E-state index is -0.554. The van der Waals surface area contributed by atoms with E-state index in [1.807, 2.05) is 48.5 Å². The Labute approximate surface area is 184 Å². The van der Waals surface area contributed by atoms with Crippen molar-refractivity contribution in [1.82, 2.24) is 4.98 Å². The topological polar surface area (TPSA) is 60.5 Å². The second-order valence-corrected chi connectivity index (χ2v) is 7.28. The summed E-state index contributed by atoms with van der Waals surface area (Å²) in [6, 6.07) is 24.8. The molecular formula is C26H19FN2O3. The number of hydrogen-bond acceptors (Lipinski definition) is 4. The van der Waals surface area contributed by atoms with Crippen LogP contribution in [0.15, 0.2) is 84.9 Å². The summed E-state index contributed by atoms with van der Waals surface area (Å²) in [5, 5.41) is 2.72. The number of nitrogens with zero attached hydrogens (tertiary/aromatic N) is 1. The van der Waals surface area contributed by atoms with Crippen LogP contribution in [0.25, 0.3) is 22.5 Å². The summed E-state index contributed by atoms with van der Waals surface area (Å²) < 4.78 is 25.1. The van der Waals surface area contributed by atoms with Crippen LogP contribution in [0.3, 0.4) is 0 Å². The number of fused-ring (bicyclic) bond motifs is 1. The highest BCUT2D eigenvalue weighted by atomic mass is 19.1. The smallest absolute Gasteiger partial charge is 0.258 e. The molecule has 2 heterocycles. The van der Waals surface area contributed by atoms with Crippen molar-refractivity contribution in [3.63, 3.8) is 0 Å². The SMILES string of the molecule is O=C(Nc1ccc(-c2cccc(-c3ccc4c(c3)OCCO4)n2)cc1)c1ccccc1F. The maximum atomic E-state index is 13.8. The summed E-state index contributed by atoms with van der Waals surface area (Å²) in [5.74, 6) is 0.413. The number of carbonyl (C=O) groups is 1. The largest absolute Gasteiger partial charge is 0.486 e. The maximum Gasteiger partial charge on any atom is 0.258 e. The van der Waals surface area contributed by atoms with E-state index in [9.17, 15) is 9.18 Å². The lowest BCUT2D eigenvalue weighted by Gasteiger charge is -2.18. The first-order valence-corrected chi connectivity index (χ1v) is 10.2. The summed E-state index contributed by atoms with van der Waals surface area (Å²) in [6.45, 7) is 1.08. The Balaban J connectivity index is 1.36. The summed E-state index contributed by atoms with van der Waals surface area (Å²) in [4.78, 5) is 17.1. The van der Waals surface area contributed by atoms with Gasteiger partial charge >= 0.3 is 0 Å². The highest BCUT2D eigenvalue weighted by molar-refractivity contribution is 6.04. The number of anilines is 1. The number of carbonyl (C=O) groups excluding carboxylic acids is 1. The van der Waals surface area contributed by atoms with Crippen LogP contribution in [-0.2, 0) is 0 Å². The number of rotatable bonds is 4. The van der Waals surface area contributed by atoms with Crippen LogP contribution in [0.1, 0.15) is 10.4 Å². The Hall–Kier alpha value is -4.19. The zero-order valence-electron chi connectivity index (χ0n) is 17.0. The first kappa shape index (κ1) is 19.8. The molecule has 0 saturated heterocycles. The minimum Gasteiger partial charge on any atom is -0.486 e. The average molecular weight is 426 g/mol. The van der Waals surface area contributed by atoms with Gasteiger partial charge in [0.25, 0.3) is 5.91 Å². The molecule has 5 rings (SSSR count). The van der Waals surface area contributed by atoms with Gasteiger partial charge in [-0.05, 0) is 54.6 Å². The maximum absolute atomic E-state index is 13.8. The highest BCUT2D eigenvalue weighted by Crippen LogP contribution is 2.34. The van der Waals surface area contributed by atoms with Gasteiger partial charge in [0.05, 0.1) is 17.0 Å². The van der Waals surface area contributed by atoms with E-state index in [0.29, 0.717) is 18.9 Å². The second kappa shape index (κ2) is 8.51. The third-order valence-corrected chi connectivity index (χ3v) is 5.14. The van der Waals surface area contributed by atoms with Crippen molar-refractivity contribution in [3.05, 3.63) is 96.3 Å². The normalized spacial score (nSPS) is 12.3. The van der Waals surface area contributed by atoms with Gasteiger partial charge in [-0.1, -0.05) is 30.3 Å². The number of ether oxygens (including phenoxy) is 2. The van der Waals surface area contributed by atoms with E-state index in [-0.39, 0.29) is 5.56 Å². The van der Waals surface area contributed by atoms with E-state index in [2.05, 4.69) is 5.32 Å². The molecule has 5 nitrogen and oxygen atoms in total. The molecule has 1 amide bonds. The molecule has 0 saturated carbocycles. The van der Waals surface area contributed by atoms with Crippen molar-refractivity contribution >= 4 is 11.6 Å². The van der Waals surface area contributed by atoms with Gasteiger partial charge in [0.15, 0.2) is 11.5 Å². The van der Waals surface area contributed by atoms with Gasteiger partial charge in [0.1, 0.15) is 19.0 Å². The number of pyridine rings is 1. The van der Waals surface area contributed by atoms with Crippen molar-refractivity contribution < 1.29 is 18.7 Å². The lowest BCUT2D eigenvalue weighted by atomic mass is 10.1. The molecule has 4 aromatic rings. The molecule has 1 N–H and O–H groups in total. The molecule has 0 radical (unpaired) electrons. The fraction of sp³-hybridized carbons (Fsp3) is 0.0769. The van der Waals surface area contributed by atoms with Crippen LogP contribution < -0.4 is 14.8 Å². The lowest BCUT2D eigenvalue weighted by Crippen LogP contribution is -2.15. The van der Waals surface area contributed by atoms with E-state index < -0.39 is 11.7 Å². The molecule has 0 atom stereocenters. The fourth-order valence-corrected chi connectivity index (χ4v) is 3.53. The van der Waals surface area contributed by atoms with Crippen LogP contribution >= 0.6 is 0 Å². The van der Waals surface area contributed by atoms with Gasteiger partial charge in [0.2, 0.25) is 0 Å². The summed E-state index contributed by atoms with van der Waals surface area (Å²) in [7, 11) is 0. The number of aromatic nitrogens is 1. The predicted octanol–water partition coefficient (Wildman–Crippen LogP) is 5.58. The summed E-state index contributed by atoms with van der Waals surface area (Å²) >= 11 is 0. The molecule has 158 valence electrons. The molecule has 32 heavy (non-hydrogen) atoms. The van der Waals surface area contributed by atoms with Gasteiger partial charge in [-0.25, -0.2) is 9.37 Å². The highest BCUT2D eigenvalue weighted by Gasteiger charge is 2.14. The van der Waals surface area contributed by atoms with Gasteiger partial charge < -0.3 is 14.8 Å². The molecule has 0 unspecified atom stereocenters. The molecule has 1 aromatic heterocycles. The van der Waals surface area contributed by atoms with Crippen molar-refractivity contribution in [2.24, 2.45) is 0 Å². The standard InChI is InChI=1S/C26H19FN2O3/c27-21-5-2-1-4-20(21)26(30)28-19-11-8-17(9-12-19)22-6-3-7-23(29-22)18-10-13-24-25(16-18)32-15-14-31-24/h1-13,16H,14-15H2,(H,28,30). The molecule has 1 aliphatic heterocycles. The zero-order valence-corrected chi connectivity index (χ0v) is 17.0. The molecular weight excluding hydrogens is 407 g/mol. The molecule has 0 fully saturated rings. The Bertz CT molecular complexity index is 1290. The van der Waals surface area contributed by atoms with Crippen molar-refractivity contribution in [1.29, 1.82) is 0 Å². The number of amides is 1. The third-order valence-electron chi connectivity index (χ3n) is 5.14. The van der Waals surface area contributed by atoms with E-state index in [4.69, 9.17) is 14.5 Å². The van der Waals surface area contributed by atoms with Gasteiger partial charge in [-0.2, -0.15) is 0 Å². The average Bonchev–Trinajstić information content (AvgIpc) is 2.84. The monoisotopic (exact) mass is 426 g/mol. The Morgan fingerprint density at radius 2 is 1.47 bits per heavy atom. The van der Waals surface area contributed by atoms with Crippen LogP contribution in [0, 0.1) is 5.82 Å². The van der Waals surface area contributed by atoms with Crippen LogP contribution in [-0.4, -0.2) is 24.1 Å². The van der Waals surface area contributed by atoms with E-state index in [1.54, 1.807) is 24.3 Å². The molecule has 0 bridgehead atoms. The number of halogens is 1. The Morgan fingerprint density at radius 3 is 2.25 bits per heavy atom. The molecule has 3 aromatic carbocycles.